The summed E-state index contributed by atoms with van der Waals surface area (Å²) in [5.41, 5.74) is 2.64. The SMILES string of the molecule is Clc1ccc(CNC2CC(c3cccc(Cl)c3)C2)cc1. The minimum atomic E-state index is 0.606. The highest BCUT2D eigenvalue weighted by Crippen LogP contribution is 2.37. The van der Waals surface area contributed by atoms with Gasteiger partial charge in [-0.2, -0.15) is 0 Å². The normalized spacial score (nSPS) is 21.5. The van der Waals surface area contributed by atoms with E-state index in [9.17, 15) is 0 Å². The predicted octanol–water partition coefficient (Wildman–Crippen LogP) is 5.03. The summed E-state index contributed by atoms with van der Waals surface area (Å²) in [4.78, 5) is 0. The largest absolute Gasteiger partial charge is 0.310 e. The Labute approximate surface area is 129 Å². The van der Waals surface area contributed by atoms with E-state index >= 15 is 0 Å². The Balaban J connectivity index is 1.48. The van der Waals surface area contributed by atoms with Gasteiger partial charge in [0, 0.05) is 22.6 Å². The molecule has 1 aliphatic rings. The molecule has 0 bridgehead atoms. The molecular weight excluding hydrogens is 289 g/mol. The van der Waals surface area contributed by atoms with Gasteiger partial charge in [0.05, 0.1) is 0 Å². The molecule has 0 heterocycles. The number of halogens is 2. The van der Waals surface area contributed by atoms with Crippen LogP contribution in [0.15, 0.2) is 48.5 Å². The lowest BCUT2D eigenvalue weighted by molar-refractivity contribution is 0.289. The van der Waals surface area contributed by atoms with Crippen molar-refractivity contribution >= 4 is 23.2 Å². The van der Waals surface area contributed by atoms with Crippen LogP contribution in [0.25, 0.3) is 0 Å². The van der Waals surface area contributed by atoms with E-state index in [1.165, 1.54) is 24.0 Å². The van der Waals surface area contributed by atoms with Crippen molar-refractivity contribution in [2.75, 3.05) is 0 Å². The summed E-state index contributed by atoms with van der Waals surface area (Å²) >= 11 is 11.9. The zero-order valence-electron chi connectivity index (χ0n) is 11.2. The number of hydrogen-bond donors (Lipinski definition) is 1. The molecule has 0 atom stereocenters. The van der Waals surface area contributed by atoms with Crippen LogP contribution in [0.2, 0.25) is 10.0 Å². The number of benzene rings is 2. The molecule has 0 radical (unpaired) electrons. The number of hydrogen-bond acceptors (Lipinski definition) is 1. The highest BCUT2D eigenvalue weighted by atomic mass is 35.5. The van der Waals surface area contributed by atoms with Crippen LogP contribution >= 0.6 is 23.2 Å². The first kappa shape index (κ1) is 13.9. The second-order valence-electron chi connectivity index (χ2n) is 5.43. The summed E-state index contributed by atoms with van der Waals surface area (Å²) < 4.78 is 0. The maximum atomic E-state index is 6.03. The quantitative estimate of drug-likeness (QED) is 0.835. The van der Waals surface area contributed by atoms with Crippen LogP contribution in [-0.2, 0) is 6.54 Å². The summed E-state index contributed by atoms with van der Waals surface area (Å²) in [7, 11) is 0. The fourth-order valence-electron chi connectivity index (χ4n) is 2.68. The minimum Gasteiger partial charge on any atom is -0.310 e. The van der Waals surface area contributed by atoms with E-state index in [-0.39, 0.29) is 0 Å². The van der Waals surface area contributed by atoms with Crippen LogP contribution < -0.4 is 5.32 Å². The van der Waals surface area contributed by atoms with Gasteiger partial charge in [-0.15, -0.1) is 0 Å². The van der Waals surface area contributed by atoms with Gasteiger partial charge in [0.2, 0.25) is 0 Å². The molecule has 0 unspecified atom stereocenters. The van der Waals surface area contributed by atoms with E-state index in [1.54, 1.807) is 0 Å². The summed E-state index contributed by atoms with van der Waals surface area (Å²) in [5.74, 6) is 0.649. The molecule has 0 spiro atoms. The highest BCUT2D eigenvalue weighted by Gasteiger charge is 2.29. The predicted molar refractivity (Wildman–Crippen MR) is 85.5 cm³/mol. The lowest BCUT2D eigenvalue weighted by Gasteiger charge is -2.36. The minimum absolute atomic E-state index is 0.606. The van der Waals surface area contributed by atoms with E-state index in [4.69, 9.17) is 23.2 Å². The molecule has 2 aromatic rings. The van der Waals surface area contributed by atoms with E-state index < -0.39 is 0 Å². The zero-order valence-corrected chi connectivity index (χ0v) is 12.7. The third-order valence-corrected chi connectivity index (χ3v) is 4.45. The van der Waals surface area contributed by atoms with Crippen LogP contribution in [-0.4, -0.2) is 6.04 Å². The second-order valence-corrected chi connectivity index (χ2v) is 6.30. The molecule has 1 fully saturated rings. The molecule has 1 aliphatic carbocycles. The topological polar surface area (TPSA) is 12.0 Å². The fourth-order valence-corrected chi connectivity index (χ4v) is 3.01. The van der Waals surface area contributed by atoms with Crippen molar-refractivity contribution in [3.63, 3.8) is 0 Å². The van der Waals surface area contributed by atoms with Gasteiger partial charge >= 0.3 is 0 Å². The number of nitrogens with one attached hydrogen (secondary N) is 1. The summed E-state index contributed by atoms with van der Waals surface area (Å²) in [5, 5.41) is 5.22. The Bertz CT molecular complexity index is 574. The summed E-state index contributed by atoms with van der Waals surface area (Å²) in [6.07, 6.45) is 2.38. The van der Waals surface area contributed by atoms with Gasteiger partial charge in [0.25, 0.3) is 0 Å². The summed E-state index contributed by atoms with van der Waals surface area (Å²) in [6.45, 7) is 0.907. The van der Waals surface area contributed by atoms with Gasteiger partial charge in [-0.1, -0.05) is 47.5 Å². The molecule has 20 heavy (non-hydrogen) atoms. The molecule has 0 aromatic heterocycles. The van der Waals surface area contributed by atoms with Crippen molar-refractivity contribution in [3.8, 4) is 0 Å². The molecule has 0 aliphatic heterocycles. The molecule has 1 nitrogen and oxygen atoms in total. The second kappa shape index (κ2) is 6.17. The molecule has 2 aromatic carbocycles. The van der Waals surface area contributed by atoms with Crippen LogP contribution in [0.1, 0.15) is 29.9 Å². The molecule has 1 saturated carbocycles. The maximum absolute atomic E-state index is 6.03. The van der Waals surface area contributed by atoms with E-state index in [1.807, 2.05) is 24.3 Å². The smallest absolute Gasteiger partial charge is 0.0408 e. The highest BCUT2D eigenvalue weighted by molar-refractivity contribution is 6.30. The van der Waals surface area contributed by atoms with Crippen LogP contribution in [0.5, 0.6) is 0 Å². The van der Waals surface area contributed by atoms with Crippen molar-refractivity contribution in [2.45, 2.75) is 31.3 Å². The third-order valence-electron chi connectivity index (χ3n) is 3.97. The summed E-state index contributed by atoms with van der Waals surface area (Å²) in [6, 6.07) is 16.8. The van der Waals surface area contributed by atoms with Gasteiger partial charge in [-0.3, -0.25) is 0 Å². The van der Waals surface area contributed by atoms with Crippen molar-refractivity contribution in [1.29, 1.82) is 0 Å². The Kier molecular flexibility index (Phi) is 4.30. The number of rotatable bonds is 4. The average molecular weight is 306 g/mol. The Morgan fingerprint density at radius 3 is 2.40 bits per heavy atom. The molecule has 0 saturated heterocycles. The molecule has 0 amide bonds. The van der Waals surface area contributed by atoms with Gasteiger partial charge in [-0.25, -0.2) is 0 Å². The van der Waals surface area contributed by atoms with Crippen LogP contribution in [0.3, 0.4) is 0 Å². The van der Waals surface area contributed by atoms with Gasteiger partial charge in [-0.05, 0) is 54.2 Å². The fraction of sp³-hybridized carbons (Fsp3) is 0.294. The Hall–Kier alpha value is -1.02. The Morgan fingerprint density at radius 1 is 0.950 bits per heavy atom. The van der Waals surface area contributed by atoms with E-state index in [0.29, 0.717) is 12.0 Å². The first-order chi connectivity index (χ1) is 9.70. The standard InChI is InChI=1S/C17H17Cl2N/c18-15-6-4-12(5-7-15)11-20-17-9-14(10-17)13-2-1-3-16(19)8-13/h1-8,14,17,20H,9-11H2. The van der Waals surface area contributed by atoms with Gasteiger partial charge < -0.3 is 5.32 Å². The maximum Gasteiger partial charge on any atom is 0.0408 e. The monoisotopic (exact) mass is 305 g/mol. The van der Waals surface area contributed by atoms with Crippen molar-refractivity contribution in [2.24, 2.45) is 0 Å². The molecule has 1 N–H and O–H groups in total. The van der Waals surface area contributed by atoms with Gasteiger partial charge in [0.1, 0.15) is 0 Å². The van der Waals surface area contributed by atoms with Crippen molar-refractivity contribution in [1.82, 2.24) is 5.32 Å². The van der Waals surface area contributed by atoms with E-state index in [2.05, 4.69) is 29.6 Å². The lowest BCUT2D eigenvalue weighted by Crippen LogP contribution is -2.39. The molecule has 104 valence electrons. The van der Waals surface area contributed by atoms with Gasteiger partial charge in [0.15, 0.2) is 0 Å². The zero-order chi connectivity index (χ0) is 13.9. The van der Waals surface area contributed by atoms with Crippen molar-refractivity contribution < 1.29 is 0 Å². The Morgan fingerprint density at radius 2 is 1.70 bits per heavy atom. The van der Waals surface area contributed by atoms with Crippen LogP contribution in [0, 0.1) is 0 Å². The van der Waals surface area contributed by atoms with Crippen molar-refractivity contribution in [3.05, 3.63) is 69.7 Å². The molecular formula is C17H17Cl2N. The lowest BCUT2D eigenvalue weighted by atomic mass is 9.76. The first-order valence-corrected chi connectivity index (χ1v) is 7.69. The van der Waals surface area contributed by atoms with Crippen LogP contribution in [0.4, 0.5) is 0 Å². The average Bonchev–Trinajstić information content (AvgIpc) is 2.39. The third kappa shape index (κ3) is 3.35. The molecule has 3 heteroatoms. The van der Waals surface area contributed by atoms with E-state index in [0.717, 1.165) is 16.6 Å². The molecule has 3 rings (SSSR count). The first-order valence-electron chi connectivity index (χ1n) is 6.94.